The molecule has 2 aliphatic rings. The number of benzene rings is 1. The average Bonchev–Trinajstić information content (AvgIpc) is 2.88. The van der Waals surface area contributed by atoms with Crippen LogP contribution in [0.4, 0.5) is 5.69 Å². The summed E-state index contributed by atoms with van der Waals surface area (Å²) in [6.07, 6.45) is 0.973. The minimum Gasteiger partial charge on any atom is -0.377 e. The molecule has 1 saturated carbocycles. The third kappa shape index (κ3) is 1.58. The molecular formula is C16H22N2O2. The molecule has 1 aliphatic heterocycles. The SMILES string of the molecule is Cc1ccccc1NC(=O)C1(N)C2CCOC2C1(C)C. The Bertz CT molecular complexity index is 555. The predicted molar refractivity (Wildman–Crippen MR) is 78.4 cm³/mol. The summed E-state index contributed by atoms with van der Waals surface area (Å²) < 4.78 is 5.73. The van der Waals surface area contributed by atoms with Gasteiger partial charge in [0.2, 0.25) is 5.91 Å². The molecule has 1 aromatic carbocycles. The highest BCUT2D eigenvalue weighted by Crippen LogP contribution is 2.58. The molecule has 3 rings (SSSR count). The van der Waals surface area contributed by atoms with Crippen LogP contribution in [0.3, 0.4) is 0 Å². The van der Waals surface area contributed by atoms with E-state index in [0.717, 1.165) is 17.7 Å². The molecule has 2 fully saturated rings. The summed E-state index contributed by atoms with van der Waals surface area (Å²) in [6, 6.07) is 7.76. The first-order valence-electron chi connectivity index (χ1n) is 7.16. The number of carbonyl (C=O) groups is 1. The summed E-state index contributed by atoms with van der Waals surface area (Å²) in [4.78, 5) is 12.7. The number of anilines is 1. The molecule has 1 aliphatic carbocycles. The number of aryl methyl sites for hydroxylation is 1. The molecule has 0 radical (unpaired) electrons. The van der Waals surface area contributed by atoms with Gasteiger partial charge in [0.1, 0.15) is 5.54 Å². The van der Waals surface area contributed by atoms with Gasteiger partial charge in [-0.15, -0.1) is 0 Å². The fourth-order valence-electron chi connectivity index (χ4n) is 3.78. The van der Waals surface area contributed by atoms with Crippen molar-refractivity contribution in [1.82, 2.24) is 0 Å². The number of hydrogen-bond donors (Lipinski definition) is 2. The minimum atomic E-state index is -0.851. The summed E-state index contributed by atoms with van der Waals surface area (Å²) in [5.74, 6) is 0.0325. The Kier molecular flexibility index (Phi) is 2.92. The fourth-order valence-corrected chi connectivity index (χ4v) is 3.78. The molecule has 0 aromatic heterocycles. The lowest BCUT2D eigenvalue weighted by molar-refractivity contribution is -0.170. The number of para-hydroxylation sites is 1. The van der Waals surface area contributed by atoms with E-state index in [1.807, 2.05) is 45.0 Å². The Morgan fingerprint density at radius 2 is 2.10 bits per heavy atom. The van der Waals surface area contributed by atoms with Gasteiger partial charge in [0.05, 0.1) is 6.10 Å². The van der Waals surface area contributed by atoms with E-state index >= 15 is 0 Å². The van der Waals surface area contributed by atoms with E-state index in [4.69, 9.17) is 10.5 Å². The van der Waals surface area contributed by atoms with Crippen LogP contribution >= 0.6 is 0 Å². The Balaban J connectivity index is 1.85. The maximum Gasteiger partial charge on any atom is 0.245 e. The molecule has 4 heteroatoms. The first-order chi connectivity index (χ1) is 9.39. The van der Waals surface area contributed by atoms with Crippen LogP contribution in [0.1, 0.15) is 25.8 Å². The van der Waals surface area contributed by atoms with E-state index < -0.39 is 5.54 Å². The molecule has 108 valence electrons. The van der Waals surface area contributed by atoms with Gasteiger partial charge >= 0.3 is 0 Å². The second-order valence-electron chi connectivity index (χ2n) is 6.55. The smallest absolute Gasteiger partial charge is 0.245 e. The van der Waals surface area contributed by atoms with Crippen LogP contribution in [0.25, 0.3) is 0 Å². The van der Waals surface area contributed by atoms with Gasteiger partial charge in [0.25, 0.3) is 0 Å². The summed E-state index contributed by atoms with van der Waals surface area (Å²) >= 11 is 0. The third-order valence-corrected chi connectivity index (χ3v) is 5.22. The number of nitrogens with one attached hydrogen (secondary N) is 1. The van der Waals surface area contributed by atoms with Crippen molar-refractivity contribution >= 4 is 11.6 Å². The Labute approximate surface area is 119 Å². The molecule has 1 saturated heterocycles. The summed E-state index contributed by atoms with van der Waals surface area (Å²) in [5, 5.41) is 3.00. The average molecular weight is 274 g/mol. The van der Waals surface area contributed by atoms with Gasteiger partial charge in [-0.05, 0) is 25.0 Å². The van der Waals surface area contributed by atoms with Crippen molar-refractivity contribution in [2.24, 2.45) is 17.1 Å². The van der Waals surface area contributed by atoms with Crippen LogP contribution in [-0.2, 0) is 9.53 Å². The van der Waals surface area contributed by atoms with E-state index in [-0.39, 0.29) is 23.3 Å². The Morgan fingerprint density at radius 3 is 2.80 bits per heavy atom. The molecule has 1 amide bonds. The highest BCUT2D eigenvalue weighted by molar-refractivity contribution is 6.00. The van der Waals surface area contributed by atoms with Crippen molar-refractivity contribution in [3.63, 3.8) is 0 Å². The van der Waals surface area contributed by atoms with E-state index in [0.29, 0.717) is 6.61 Å². The number of nitrogens with two attached hydrogens (primary N) is 1. The minimum absolute atomic E-state index is 0.0939. The molecule has 3 N–H and O–H groups in total. The van der Waals surface area contributed by atoms with E-state index in [1.54, 1.807) is 0 Å². The Morgan fingerprint density at radius 1 is 1.40 bits per heavy atom. The van der Waals surface area contributed by atoms with Gasteiger partial charge < -0.3 is 15.8 Å². The van der Waals surface area contributed by atoms with Gasteiger partial charge in [0, 0.05) is 23.6 Å². The van der Waals surface area contributed by atoms with Crippen molar-refractivity contribution in [2.75, 3.05) is 11.9 Å². The molecule has 3 unspecified atom stereocenters. The van der Waals surface area contributed by atoms with E-state index in [2.05, 4.69) is 5.32 Å². The van der Waals surface area contributed by atoms with Crippen LogP contribution in [0.15, 0.2) is 24.3 Å². The molecule has 0 spiro atoms. The van der Waals surface area contributed by atoms with Crippen LogP contribution in [0.2, 0.25) is 0 Å². The topological polar surface area (TPSA) is 64.4 Å². The molecule has 20 heavy (non-hydrogen) atoms. The number of amides is 1. The quantitative estimate of drug-likeness (QED) is 0.867. The maximum atomic E-state index is 12.7. The predicted octanol–water partition coefficient (Wildman–Crippen LogP) is 2.08. The number of rotatable bonds is 2. The molecular weight excluding hydrogens is 252 g/mol. The lowest BCUT2D eigenvalue weighted by atomic mass is 9.48. The van der Waals surface area contributed by atoms with Crippen molar-refractivity contribution in [2.45, 2.75) is 38.8 Å². The second kappa shape index (κ2) is 4.30. The fraction of sp³-hybridized carbons (Fsp3) is 0.562. The molecule has 3 atom stereocenters. The summed E-state index contributed by atoms with van der Waals surface area (Å²) in [7, 11) is 0. The first kappa shape index (κ1) is 13.6. The van der Waals surface area contributed by atoms with Crippen LogP contribution in [-0.4, -0.2) is 24.2 Å². The van der Waals surface area contributed by atoms with Crippen molar-refractivity contribution in [3.8, 4) is 0 Å². The number of ether oxygens (including phenoxy) is 1. The maximum absolute atomic E-state index is 12.7. The van der Waals surface area contributed by atoms with Gasteiger partial charge in [-0.1, -0.05) is 32.0 Å². The highest BCUT2D eigenvalue weighted by Gasteiger charge is 2.71. The van der Waals surface area contributed by atoms with Crippen LogP contribution in [0, 0.1) is 18.3 Å². The molecule has 4 nitrogen and oxygen atoms in total. The molecule has 0 bridgehead atoms. The normalized spacial score (nSPS) is 34.2. The first-order valence-corrected chi connectivity index (χ1v) is 7.16. The van der Waals surface area contributed by atoms with Gasteiger partial charge in [-0.2, -0.15) is 0 Å². The van der Waals surface area contributed by atoms with Crippen molar-refractivity contribution < 1.29 is 9.53 Å². The highest BCUT2D eigenvalue weighted by atomic mass is 16.5. The van der Waals surface area contributed by atoms with E-state index in [1.165, 1.54) is 0 Å². The van der Waals surface area contributed by atoms with E-state index in [9.17, 15) is 4.79 Å². The lowest BCUT2D eigenvalue weighted by Gasteiger charge is -2.60. The Hall–Kier alpha value is -1.39. The van der Waals surface area contributed by atoms with Gasteiger partial charge in [-0.3, -0.25) is 4.79 Å². The number of hydrogen-bond acceptors (Lipinski definition) is 3. The zero-order chi connectivity index (χ0) is 14.5. The van der Waals surface area contributed by atoms with Crippen molar-refractivity contribution in [1.29, 1.82) is 0 Å². The van der Waals surface area contributed by atoms with Crippen LogP contribution < -0.4 is 11.1 Å². The largest absolute Gasteiger partial charge is 0.377 e. The van der Waals surface area contributed by atoms with Gasteiger partial charge in [-0.25, -0.2) is 0 Å². The standard InChI is InChI=1S/C16H22N2O2/c1-10-6-4-5-7-12(10)18-14(19)16(17)11-8-9-20-13(11)15(16,2)3/h4-7,11,13H,8-9,17H2,1-3H3,(H,18,19). The lowest BCUT2D eigenvalue weighted by Crippen LogP contribution is -2.79. The number of fused-ring (bicyclic) bond motifs is 1. The summed E-state index contributed by atoms with van der Waals surface area (Å²) in [5.41, 5.74) is 7.21. The zero-order valence-electron chi connectivity index (χ0n) is 12.3. The van der Waals surface area contributed by atoms with Gasteiger partial charge in [0.15, 0.2) is 0 Å². The number of carbonyl (C=O) groups excluding carboxylic acids is 1. The molecule has 1 aromatic rings. The monoisotopic (exact) mass is 274 g/mol. The zero-order valence-corrected chi connectivity index (χ0v) is 12.3. The van der Waals surface area contributed by atoms with Crippen LogP contribution in [0.5, 0.6) is 0 Å². The summed E-state index contributed by atoms with van der Waals surface area (Å²) in [6.45, 7) is 6.73. The molecule has 1 heterocycles. The second-order valence-corrected chi connectivity index (χ2v) is 6.55. The third-order valence-electron chi connectivity index (χ3n) is 5.22. The van der Waals surface area contributed by atoms with Crippen molar-refractivity contribution in [3.05, 3.63) is 29.8 Å².